The van der Waals surface area contributed by atoms with E-state index in [9.17, 15) is 9.59 Å². The number of aromatic nitrogens is 4. The lowest BCUT2D eigenvalue weighted by Gasteiger charge is -2.04. The van der Waals surface area contributed by atoms with E-state index < -0.39 is 0 Å². The van der Waals surface area contributed by atoms with Crippen molar-refractivity contribution in [2.24, 2.45) is 7.05 Å². The number of halogens is 1. The van der Waals surface area contributed by atoms with Gasteiger partial charge in [-0.15, -0.1) is 0 Å². The van der Waals surface area contributed by atoms with Crippen molar-refractivity contribution in [1.29, 1.82) is 0 Å². The Morgan fingerprint density at radius 2 is 2.16 bits per heavy atom. The highest BCUT2D eigenvalue weighted by Crippen LogP contribution is 2.22. The van der Waals surface area contributed by atoms with Crippen LogP contribution in [0.1, 0.15) is 0 Å². The number of hydrogen-bond acceptors (Lipinski definition) is 5. The second-order valence-electron chi connectivity index (χ2n) is 5.49. The molecule has 0 aliphatic carbocycles. The first kappa shape index (κ1) is 15.4. The standard InChI is InChI=1S/C16H12ClN5O3/c1-21-14(24)5-4-11-15(21)18-8-22(11)7-13(23)20-16-19-10-3-2-9(17)6-12(10)25-16/h2-6,8H,7H2,1H3,(H,19,20,23). The molecule has 0 atom stereocenters. The molecule has 0 spiro atoms. The lowest BCUT2D eigenvalue weighted by Crippen LogP contribution is -2.19. The first-order chi connectivity index (χ1) is 12.0. The number of oxazole rings is 1. The molecule has 126 valence electrons. The molecule has 0 saturated carbocycles. The highest BCUT2D eigenvalue weighted by atomic mass is 35.5. The number of rotatable bonds is 3. The van der Waals surface area contributed by atoms with Crippen LogP contribution < -0.4 is 10.9 Å². The van der Waals surface area contributed by atoms with Gasteiger partial charge in [0, 0.05) is 24.2 Å². The van der Waals surface area contributed by atoms with Crippen LogP contribution >= 0.6 is 11.6 Å². The molecule has 0 radical (unpaired) electrons. The molecule has 25 heavy (non-hydrogen) atoms. The van der Waals surface area contributed by atoms with Crippen molar-refractivity contribution < 1.29 is 9.21 Å². The summed E-state index contributed by atoms with van der Waals surface area (Å²) in [5.41, 5.74) is 2.12. The maximum absolute atomic E-state index is 12.3. The SMILES string of the molecule is Cn1c(=O)ccc2c1ncn2CC(=O)Nc1nc2ccc(Cl)cc2o1. The summed E-state index contributed by atoms with van der Waals surface area (Å²) in [5, 5.41) is 3.13. The van der Waals surface area contributed by atoms with E-state index in [4.69, 9.17) is 16.0 Å². The normalized spacial score (nSPS) is 11.3. The maximum atomic E-state index is 12.3. The second-order valence-corrected chi connectivity index (χ2v) is 5.93. The van der Waals surface area contributed by atoms with Crippen molar-refractivity contribution in [3.63, 3.8) is 0 Å². The Morgan fingerprint density at radius 1 is 1.32 bits per heavy atom. The number of benzene rings is 1. The summed E-state index contributed by atoms with van der Waals surface area (Å²) in [6.45, 7) is 0.00812. The number of nitrogens with zero attached hydrogens (tertiary/aromatic N) is 4. The molecule has 0 unspecified atom stereocenters. The van der Waals surface area contributed by atoms with Gasteiger partial charge >= 0.3 is 6.01 Å². The molecular formula is C16H12ClN5O3. The number of carbonyl (C=O) groups excluding carboxylic acids is 1. The van der Waals surface area contributed by atoms with Crippen molar-refractivity contribution in [1.82, 2.24) is 19.1 Å². The third-order valence-corrected chi connectivity index (χ3v) is 4.04. The topological polar surface area (TPSA) is 95.0 Å². The van der Waals surface area contributed by atoms with E-state index >= 15 is 0 Å². The first-order valence-electron chi connectivity index (χ1n) is 7.38. The Hall–Kier alpha value is -3.13. The average Bonchev–Trinajstić information content (AvgIpc) is 3.14. The number of pyridine rings is 1. The van der Waals surface area contributed by atoms with Crippen LogP contribution in [0.15, 0.2) is 45.9 Å². The van der Waals surface area contributed by atoms with Gasteiger partial charge in [-0.05, 0) is 18.2 Å². The number of anilines is 1. The molecule has 3 aromatic heterocycles. The molecule has 0 aliphatic heterocycles. The fourth-order valence-electron chi connectivity index (χ4n) is 2.57. The number of imidazole rings is 1. The minimum absolute atomic E-state index is 0.00812. The van der Waals surface area contributed by atoms with Gasteiger partial charge < -0.3 is 8.98 Å². The Kier molecular flexibility index (Phi) is 3.54. The molecule has 0 bridgehead atoms. The van der Waals surface area contributed by atoms with Crippen molar-refractivity contribution in [2.75, 3.05) is 5.32 Å². The minimum Gasteiger partial charge on any atom is -0.423 e. The highest BCUT2D eigenvalue weighted by Gasteiger charge is 2.13. The molecule has 1 N–H and O–H groups in total. The number of amides is 1. The van der Waals surface area contributed by atoms with E-state index in [1.165, 1.54) is 17.0 Å². The molecular weight excluding hydrogens is 346 g/mol. The minimum atomic E-state index is -0.328. The molecule has 8 nitrogen and oxygen atoms in total. The zero-order chi connectivity index (χ0) is 17.6. The van der Waals surface area contributed by atoms with Gasteiger partial charge in [0.25, 0.3) is 5.56 Å². The fraction of sp³-hybridized carbons (Fsp3) is 0.125. The van der Waals surface area contributed by atoms with Crippen LogP contribution in [-0.2, 0) is 18.4 Å². The van der Waals surface area contributed by atoms with E-state index in [0.717, 1.165) is 0 Å². The zero-order valence-electron chi connectivity index (χ0n) is 13.1. The van der Waals surface area contributed by atoms with Crippen molar-refractivity contribution in [3.05, 3.63) is 52.0 Å². The summed E-state index contributed by atoms with van der Waals surface area (Å²) >= 11 is 5.90. The predicted octanol–water partition coefficient (Wildman–Crippen LogP) is 2.17. The fourth-order valence-corrected chi connectivity index (χ4v) is 2.73. The van der Waals surface area contributed by atoms with Crippen LogP contribution in [0.25, 0.3) is 22.3 Å². The van der Waals surface area contributed by atoms with Gasteiger partial charge in [-0.3, -0.25) is 19.5 Å². The van der Waals surface area contributed by atoms with E-state index in [1.54, 1.807) is 35.9 Å². The summed E-state index contributed by atoms with van der Waals surface area (Å²) in [6.07, 6.45) is 1.51. The summed E-state index contributed by atoms with van der Waals surface area (Å²) in [5.74, 6) is -0.328. The van der Waals surface area contributed by atoms with E-state index in [-0.39, 0.29) is 24.0 Å². The Bertz CT molecular complexity index is 1170. The van der Waals surface area contributed by atoms with Gasteiger partial charge in [0.05, 0.1) is 11.8 Å². The van der Waals surface area contributed by atoms with Crippen LogP contribution in [0.4, 0.5) is 6.01 Å². The quantitative estimate of drug-likeness (QED) is 0.606. The van der Waals surface area contributed by atoms with Gasteiger partial charge in [0.1, 0.15) is 12.1 Å². The van der Waals surface area contributed by atoms with Crippen LogP contribution in [0.2, 0.25) is 5.02 Å². The van der Waals surface area contributed by atoms with E-state index in [1.807, 2.05) is 0 Å². The Morgan fingerprint density at radius 3 is 3.00 bits per heavy atom. The summed E-state index contributed by atoms with van der Waals surface area (Å²) in [6, 6.07) is 8.20. The molecule has 1 aromatic carbocycles. The van der Waals surface area contributed by atoms with Crippen molar-refractivity contribution >= 4 is 45.8 Å². The van der Waals surface area contributed by atoms with Gasteiger partial charge in [-0.25, -0.2) is 4.98 Å². The summed E-state index contributed by atoms with van der Waals surface area (Å²) in [7, 11) is 1.63. The maximum Gasteiger partial charge on any atom is 0.302 e. The largest absolute Gasteiger partial charge is 0.423 e. The molecule has 0 saturated heterocycles. The molecule has 9 heteroatoms. The van der Waals surface area contributed by atoms with Crippen molar-refractivity contribution in [3.8, 4) is 0 Å². The number of fused-ring (bicyclic) bond motifs is 2. The van der Waals surface area contributed by atoms with Crippen LogP contribution in [0.5, 0.6) is 0 Å². The van der Waals surface area contributed by atoms with Crippen LogP contribution in [0, 0.1) is 0 Å². The monoisotopic (exact) mass is 357 g/mol. The molecule has 0 fully saturated rings. The average molecular weight is 358 g/mol. The predicted molar refractivity (Wildman–Crippen MR) is 92.6 cm³/mol. The highest BCUT2D eigenvalue weighted by molar-refractivity contribution is 6.31. The van der Waals surface area contributed by atoms with Gasteiger partial charge in [0.15, 0.2) is 11.2 Å². The smallest absolute Gasteiger partial charge is 0.302 e. The third-order valence-electron chi connectivity index (χ3n) is 3.80. The number of aryl methyl sites for hydroxylation is 1. The second kappa shape index (κ2) is 5.75. The molecule has 1 amide bonds. The van der Waals surface area contributed by atoms with Crippen LogP contribution in [-0.4, -0.2) is 25.0 Å². The molecule has 4 aromatic rings. The number of nitrogens with one attached hydrogen (secondary N) is 1. The molecule has 4 rings (SSSR count). The zero-order valence-corrected chi connectivity index (χ0v) is 13.8. The molecule has 3 heterocycles. The first-order valence-corrected chi connectivity index (χ1v) is 7.76. The Labute approximate surface area is 145 Å². The van der Waals surface area contributed by atoms with Crippen LogP contribution in [0.3, 0.4) is 0 Å². The Balaban J connectivity index is 1.57. The number of carbonyl (C=O) groups is 1. The van der Waals surface area contributed by atoms with E-state index in [0.29, 0.717) is 27.3 Å². The van der Waals surface area contributed by atoms with E-state index in [2.05, 4.69) is 15.3 Å². The summed E-state index contributed by atoms with van der Waals surface area (Å²) in [4.78, 5) is 32.2. The lowest BCUT2D eigenvalue weighted by molar-refractivity contribution is -0.116. The third kappa shape index (κ3) is 2.76. The summed E-state index contributed by atoms with van der Waals surface area (Å²) < 4.78 is 8.53. The van der Waals surface area contributed by atoms with Gasteiger partial charge in [-0.1, -0.05) is 11.6 Å². The number of hydrogen-bond donors (Lipinski definition) is 1. The van der Waals surface area contributed by atoms with Crippen molar-refractivity contribution in [2.45, 2.75) is 6.54 Å². The molecule has 0 aliphatic rings. The lowest BCUT2D eigenvalue weighted by atomic mass is 10.3. The van der Waals surface area contributed by atoms with Gasteiger partial charge in [-0.2, -0.15) is 4.98 Å². The van der Waals surface area contributed by atoms with Gasteiger partial charge in [0.2, 0.25) is 5.91 Å².